The summed E-state index contributed by atoms with van der Waals surface area (Å²) < 4.78 is 24.9. The molecular weight excluding hydrogens is 545 g/mol. The first-order valence-corrected chi connectivity index (χ1v) is 14.8. The van der Waals surface area contributed by atoms with Gasteiger partial charge in [-0.15, -0.1) is 0 Å². The van der Waals surface area contributed by atoms with Crippen LogP contribution >= 0.6 is 22.7 Å². The van der Waals surface area contributed by atoms with E-state index in [9.17, 15) is 8.42 Å². The molecule has 0 spiro atoms. The molecular formula is C23H20N10O2S3. The highest BCUT2D eigenvalue weighted by molar-refractivity contribution is 7.92. The zero-order chi connectivity index (χ0) is 26.7. The lowest BCUT2D eigenvalue weighted by Gasteiger charge is -2.16. The van der Waals surface area contributed by atoms with Gasteiger partial charge < -0.3 is 16.0 Å². The Morgan fingerprint density at radius 2 is 1.53 bits per heavy atom. The molecule has 0 aromatic carbocycles. The number of anilines is 6. The van der Waals surface area contributed by atoms with Crippen molar-refractivity contribution in [2.45, 2.75) is 12.8 Å². The molecule has 0 fully saturated rings. The second-order valence-corrected chi connectivity index (χ2v) is 12.1. The third kappa shape index (κ3) is 5.35. The third-order valence-corrected chi connectivity index (χ3v) is 8.51. The minimum atomic E-state index is -3.28. The zero-order valence-corrected chi connectivity index (χ0v) is 22.4. The molecule has 3 N–H and O–H groups in total. The van der Waals surface area contributed by atoms with Gasteiger partial charge >= 0.3 is 0 Å². The molecule has 0 bridgehead atoms. The van der Waals surface area contributed by atoms with Gasteiger partial charge in [0.05, 0.1) is 24.3 Å². The van der Waals surface area contributed by atoms with Crippen LogP contribution in [-0.4, -0.2) is 47.7 Å². The molecule has 12 nitrogen and oxygen atoms in total. The van der Waals surface area contributed by atoms with Crippen molar-refractivity contribution in [3.05, 3.63) is 57.8 Å². The van der Waals surface area contributed by atoms with Crippen LogP contribution < -0.4 is 20.3 Å². The van der Waals surface area contributed by atoms with Crippen molar-refractivity contribution in [1.29, 1.82) is 10.5 Å². The predicted molar refractivity (Wildman–Crippen MR) is 147 cm³/mol. The zero-order valence-electron chi connectivity index (χ0n) is 20.0. The van der Waals surface area contributed by atoms with E-state index >= 15 is 0 Å². The standard InChI is InChI=1S/C12H11N5O2S2.C11H9N5S/c1-21(18,19)17-5-3-9-10(17)2-4-14-11(9)16-12-15-7-8(6-13)20-12;12-5-7-6-15-11(17-7)16-10-8-1-3-13-9(8)2-4-14-10/h2,4,7H,3,5H2,1H3,(H,14,15,16);2,4,6,13H,1,3H2,(H,14,15,16). The maximum Gasteiger partial charge on any atom is 0.232 e. The highest BCUT2D eigenvalue weighted by atomic mass is 32.2. The molecule has 2 aliphatic rings. The summed E-state index contributed by atoms with van der Waals surface area (Å²) in [6.07, 6.45) is 9.11. The van der Waals surface area contributed by atoms with Crippen LogP contribution in [0.4, 0.5) is 33.3 Å². The third-order valence-electron chi connectivity index (χ3n) is 5.69. The Balaban J connectivity index is 0.000000158. The number of hydrogen-bond donors (Lipinski definition) is 3. The van der Waals surface area contributed by atoms with E-state index in [4.69, 9.17) is 10.5 Å². The highest BCUT2D eigenvalue weighted by Gasteiger charge is 2.28. The first-order chi connectivity index (χ1) is 18.4. The molecule has 192 valence electrons. The fraction of sp³-hybridized carbons (Fsp3) is 0.217. The fourth-order valence-corrected chi connectivity index (χ4v) is 6.24. The molecule has 0 aliphatic carbocycles. The molecule has 6 heterocycles. The van der Waals surface area contributed by atoms with Gasteiger partial charge in [0.15, 0.2) is 10.3 Å². The lowest BCUT2D eigenvalue weighted by Crippen LogP contribution is -2.27. The molecule has 0 amide bonds. The van der Waals surface area contributed by atoms with E-state index in [-0.39, 0.29) is 0 Å². The van der Waals surface area contributed by atoms with Gasteiger partial charge in [0.1, 0.15) is 33.5 Å². The molecule has 6 rings (SSSR count). The summed E-state index contributed by atoms with van der Waals surface area (Å²) in [5.74, 6) is 1.41. The summed E-state index contributed by atoms with van der Waals surface area (Å²) >= 11 is 2.55. The number of nitrogens with zero attached hydrogens (tertiary/aromatic N) is 7. The van der Waals surface area contributed by atoms with Crippen LogP contribution in [-0.2, 0) is 22.9 Å². The van der Waals surface area contributed by atoms with Crippen molar-refractivity contribution < 1.29 is 8.42 Å². The Hall–Kier alpha value is -4.31. The number of thiazole rings is 2. The summed E-state index contributed by atoms with van der Waals surface area (Å²) in [6.45, 7) is 1.35. The average molecular weight is 565 g/mol. The van der Waals surface area contributed by atoms with Crippen molar-refractivity contribution in [2.24, 2.45) is 0 Å². The van der Waals surface area contributed by atoms with E-state index in [0.717, 1.165) is 30.0 Å². The van der Waals surface area contributed by atoms with Gasteiger partial charge in [-0.1, -0.05) is 22.7 Å². The number of aromatic nitrogens is 4. The van der Waals surface area contributed by atoms with Crippen LogP contribution in [0.15, 0.2) is 36.9 Å². The summed E-state index contributed by atoms with van der Waals surface area (Å²) in [4.78, 5) is 17.9. The Kier molecular flexibility index (Phi) is 7.06. The number of sulfonamides is 1. The van der Waals surface area contributed by atoms with E-state index < -0.39 is 10.0 Å². The molecule has 4 aromatic rings. The molecule has 2 aliphatic heterocycles. The van der Waals surface area contributed by atoms with Gasteiger partial charge in [-0.3, -0.25) is 4.31 Å². The first kappa shape index (κ1) is 25.3. The summed E-state index contributed by atoms with van der Waals surface area (Å²) in [5.41, 5.74) is 3.80. The van der Waals surface area contributed by atoms with E-state index in [1.54, 1.807) is 24.7 Å². The van der Waals surface area contributed by atoms with Gasteiger partial charge in [0.25, 0.3) is 0 Å². The van der Waals surface area contributed by atoms with Gasteiger partial charge in [0, 0.05) is 42.3 Å². The monoisotopic (exact) mass is 564 g/mol. The molecule has 0 atom stereocenters. The molecule has 0 radical (unpaired) electrons. The van der Waals surface area contributed by atoms with Crippen LogP contribution in [0.25, 0.3) is 0 Å². The molecule has 15 heteroatoms. The second kappa shape index (κ2) is 10.6. The van der Waals surface area contributed by atoms with Gasteiger partial charge in [0.2, 0.25) is 10.0 Å². The molecule has 0 unspecified atom stereocenters. The summed E-state index contributed by atoms with van der Waals surface area (Å²) in [7, 11) is -3.28. The van der Waals surface area contributed by atoms with Crippen LogP contribution in [0, 0.1) is 22.7 Å². The number of nitrogens with one attached hydrogen (secondary N) is 3. The Bertz CT molecular complexity index is 1680. The predicted octanol–water partition coefficient (Wildman–Crippen LogP) is 3.60. The van der Waals surface area contributed by atoms with Gasteiger partial charge in [-0.25, -0.2) is 28.4 Å². The number of hydrogen-bond acceptors (Lipinski definition) is 13. The van der Waals surface area contributed by atoms with Crippen LogP contribution in [0.1, 0.15) is 20.9 Å². The fourth-order valence-electron chi connectivity index (χ4n) is 4.06. The Morgan fingerprint density at radius 3 is 2.11 bits per heavy atom. The van der Waals surface area contributed by atoms with Crippen LogP contribution in [0.3, 0.4) is 0 Å². The minimum Gasteiger partial charge on any atom is -0.384 e. The number of nitriles is 2. The topological polar surface area (TPSA) is 173 Å². The van der Waals surface area contributed by atoms with Crippen molar-refractivity contribution in [3.63, 3.8) is 0 Å². The van der Waals surface area contributed by atoms with Crippen molar-refractivity contribution in [2.75, 3.05) is 39.6 Å². The van der Waals surface area contributed by atoms with Crippen molar-refractivity contribution in [3.8, 4) is 12.1 Å². The Morgan fingerprint density at radius 1 is 0.921 bits per heavy atom. The Labute approximate surface area is 226 Å². The van der Waals surface area contributed by atoms with E-state index in [1.807, 2.05) is 12.1 Å². The van der Waals surface area contributed by atoms with Gasteiger partial charge in [-0.2, -0.15) is 10.5 Å². The minimum absolute atomic E-state index is 0.413. The first-order valence-electron chi connectivity index (χ1n) is 11.3. The molecule has 0 saturated heterocycles. The van der Waals surface area contributed by atoms with E-state index in [0.29, 0.717) is 44.5 Å². The normalized spacial score (nSPS) is 13.3. The number of pyridine rings is 2. The van der Waals surface area contributed by atoms with E-state index in [1.165, 1.54) is 45.0 Å². The maximum absolute atomic E-state index is 11.7. The molecule has 0 saturated carbocycles. The summed E-state index contributed by atoms with van der Waals surface area (Å²) in [6, 6.07) is 7.75. The van der Waals surface area contributed by atoms with Gasteiger partial charge in [-0.05, 0) is 25.0 Å². The van der Waals surface area contributed by atoms with Crippen molar-refractivity contribution in [1.82, 2.24) is 19.9 Å². The van der Waals surface area contributed by atoms with Crippen molar-refractivity contribution >= 4 is 66.0 Å². The maximum atomic E-state index is 11.7. The smallest absolute Gasteiger partial charge is 0.232 e. The average Bonchev–Trinajstić information content (AvgIpc) is 3.70. The summed E-state index contributed by atoms with van der Waals surface area (Å²) in [5, 5.41) is 28.3. The highest BCUT2D eigenvalue weighted by Crippen LogP contribution is 2.35. The lowest BCUT2D eigenvalue weighted by atomic mass is 10.2. The van der Waals surface area contributed by atoms with Crippen LogP contribution in [0.5, 0.6) is 0 Å². The SMILES string of the molecule is CS(=O)(=O)N1CCc2c1ccnc2Nc1ncc(C#N)s1.N#Cc1cnc(Nc2nccc3c2CCN3)s1. The van der Waals surface area contributed by atoms with E-state index in [2.05, 4.69) is 42.0 Å². The molecule has 4 aromatic heterocycles. The number of rotatable bonds is 5. The lowest BCUT2D eigenvalue weighted by molar-refractivity contribution is 0.598. The largest absolute Gasteiger partial charge is 0.384 e. The second-order valence-electron chi connectivity index (χ2n) is 8.14. The molecule has 38 heavy (non-hydrogen) atoms. The van der Waals surface area contributed by atoms with Crippen LogP contribution in [0.2, 0.25) is 0 Å². The quantitative estimate of drug-likeness (QED) is 0.323. The number of fused-ring (bicyclic) bond motifs is 2.